The number of rotatable bonds is 5. The molecule has 2 aromatic rings. The molecule has 0 bridgehead atoms. The highest BCUT2D eigenvalue weighted by Crippen LogP contribution is 2.29. The van der Waals surface area contributed by atoms with Crippen molar-refractivity contribution in [2.45, 2.75) is 13.0 Å². The Hall–Kier alpha value is -3.53. The van der Waals surface area contributed by atoms with Crippen molar-refractivity contribution in [2.24, 2.45) is 0 Å². The second-order valence-electron chi connectivity index (χ2n) is 5.42. The van der Waals surface area contributed by atoms with Crippen LogP contribution in [0.1, 0.15) is 24.1 Å². The summed E-state index contributed by atoms with van der Waals surface area (Å²) >= 11 is 0. The van der Waals surface area contributed by atoms with Crippen LogP contribution >= 0.6 is 0 Å². The normalized spacial score (nSPS) is 11.0. The summed E-state index contributed by atoms with van der Waals surface area (Å²) < 4.78 is 10.4. The molecule has 0 saturated carbocycles. The van der Waals surface area contributed by atoms with Gasteiger partial charge in [-0.05, 0) is 36.8 Å². The quantitative estimate of drug-likeness (QED) is 0.804. The fourth-order valence-corrected chi connectivity index (χ4v) is 2.34. The number of ether oxygens (including phenoxy) is 2. The number of hydrogen-bond donors (Lipinski definition) is 2. The molecule has 2 rings (SSSR count). The van der Waals surface area contributed by atoms with E-state index in [1.54, 1.807) is 49.4 Å². The van der Waals surface area contributed by atoms with E-state index in [2.05, 4.69) is 10.6 Å². The number of nitriles is 1. The Balaban J connectivity index is 2.07. The predicted molar refractivity (Wildman–Crippen MR) is 95.9 cm³/mol. The molecule has 134 valence electrons. The van der Waals surface area contributed by atoms with Gasteiger partial charge < -0.3 is 20.1 Å². The molecule has 0 saturated heterocycles. The summed E-state index contributed by atoms with van der Waals surface area (Å²) in [6.45, 7) is 1.75. The van der Waals surface area contributed by atoms with E-state index in [1.165, 1.54) is 14.2 Å². The van der Waals surface area contributed by atoms with Crippen molar-refractivity contribution in [3.63, 3.8) is 0 Å². The summed E-state index contributed by atoms with van der Waals surface area (Å²) in [6.07, 6.45) is 0. The van der Waals surface area contributed by atoms with Crippen molar-refractivity contribution >= 4 is 17.5 Å². The first-order chi connectivity index (χ1) is 12.5. The maximum atomic E-state index is 12.1. The first kappa shape index (κ1) is 18.8. The maximum Gasteiger partial charge on any atom is 0.313 e. The van der Waals surface area contributed by atoms with Gasteiger partial charge in [-0.1, -0.05) is 18.2 Å². The highest BCUT2D eigenvalue weighted by Gasteiger charge is 2.19. The Morgan fingerprint density at radius 1 is 1.04 bits per heavy atom. The standard InChI is InChI=1S/C19H19N3O4/c1-12(13-8-9-16(25-2)17(10-13)26-3)21-18(23)19(24)22-15-7-5-4-6-14(15)11-20/h4-10,12H,1-3H3,(H,21,23)(H,22,24). The van der Waals surface area contributed by atoms with Gasteiger partial charge in [-0.15, -0.1) is 0 Å². The van der Waals surface area contributed by atoms with Crippen LogP contribution in [0.3, 0.4) is 0 Å². The lowest BCUT2D eigenvalue weighted by Gasteiger charge is -2.16. The fourth-order valence-electron chi connectivity index (χ4n) is 2.34. The molecule has 2 N–H and O–H groups in total. The van der Waals surface area contributed by atoms with E-state index in [0.29, 0.717) is 11.5 Å². The number of methoxy groups -OCH3 is 2. The molecule has 0 aromatic heterocycles. The lowest BCUT2D eigenvalue weighted by Crippen LogP contribution is -2.37. The first-order valence-electron chi connectivity index (χ1n) is 7.83. The molecule has 0 aliphatic heterocycles. The lowest BCUT2D eigenvalue weighted by molar-refractivity contribution is -0.136. The van der Waals surface area contributed by atoms with Crippen molar-refractivity contribution in [1.29, 1.82) is 5.26 Å². The molecule has 2 amide bonds. The minimum atomic E-state index is -0.847. The summed E-state index contributed by atoms with van der Waals surface area (Å²) in [6, 6.07) is 13.2. The zero-order chi connectivity index (χ0) is 19.1. The largest absolute Gasteiger partial charge is 0.493 e. The SMILES string of the molecule is COc1ccc(C(C)NC(=O)C(=O)Nc2ccccc2C#N)cc1OC. The van der Waals surface area contributed by atoms with Crippen LogP contribution in [0.4, 0.5) is 5.69 Å². The summed E-state index contributed by atoms with van der Waals surface area (Å²) in [7, 11) is 3.05. The Morgan fingerprint density at radius 3 is 2.38 bits per heavy atom. The number of nitrogens with one attached hydrogen (secondary N) is 2. The Kier molecular flexibility index (Phi) is 6.17. The van der Waals surface area contributed by atoms with E-state index in [9.17, 15) is 9.59 Å². The number of hydrogen-bond acceptors (Lipinski definition) is 5. The smallest absolute Gasteiger partial charge is 0.313 e. The van der Waals surface area contributed by atoms with E-state index in [4.69, 9.17) is 14.7 Å². The van der Waals surface area contributed by atoms with Crippen LogP contribution in [0.25, 0.3) is 0 Å². The van der Waals surface area contributed by atoms with E-state index >= 15 is 0 Å². The molecule has 0 fully saturated rings. The van der Waals surface area contributed by atoms with Crippen molar-refractivity contribution < 1.29 is 19.1 Å². The molecule has 0 radical (unpaired) electrons. The van der Waals surface area contributed by atoms with Crippen LogP contribution in [0.5, 0.6) is 11.5 Å². The minimum absolute atomic E-state index is 0.279. The number of nitrogens with zero attached hydrogens (tertiary/aromatic N) is 1. The third kappa shape index (κ3) is 4.30. The van der Waals surface area contributed by atoms with Crippen molar-refractivity contribution in [1.82, 2.24) is 5.32 Å². The topological polar surface area (TPSA) is 100 Å². The van der Waals surface area contributed by atoms with Crippen LogP contribution < -0.4 is 20.1 Å². The van der Waals surface area contributed by atoms with Gasteiger partial charge in [-0.25, -0.2) is 0 Å². The van der Waals surface area contributed by atoms with Crippen LogP contribution in [0, 0.1) is 11.3 Å². The van der Waals surface area contributed by atoms with Gasteiger partial charge in [0.25, 0.3) is 0 Å². The van der Waals surface area contributed by atoms with Gasteiger partial charge in [0.2, 0.25) is 0 Å². The van der Waals surface area contributed by atoms with Gasteiger partial charge in [0.15, 0.2) is 11.5 Å². The molecule has 0 aliphatic carbocycles. The molecular formula is C19H19N3O4. The van der Waals surface area contributed by atoms with Crippen LogP contribution in [-0.2, 0) is 9.59 Å². The summed E-state index contributed by atoms with van der Waals surface area (Å²) in [5.74, 6) is -0.556. The zero-order valence-electron chi connectivity index (χ0n) is 14.7. The molecule has 7 heteroatoms. The number of carbonyl (C=O) groups is 2. The average Bonchev–Trinajstić information content (AvgIpc) is 2.67. The van der Waals surface area contributed by atoms with E-state index in [1.807, 2.05) is 6.07 Å². The van der Waals surface area contributed by atoms with Gasteiger partial charge in [0.05, 0.1) is 31.5 Å². The summed E-state index contributed by atoms with van der Waals surface area (Å²) in [4.78, 5) is 24.2. The molecule has 0 heterocycles. The van der Waals surface area contributed by atoms with Crippen molar-refractivity contribution in [3.05, 3.63) is 53.6 Å². The third-order valence-electron chi connectivity index (χ3n) is 3.76. The van der Waals surface area contributed by atoms with Gasteiger partial charge in [-0.2, -0.15) is 5.26 Å². The number of amides is 2. The van der Waals surface area contributed by atoms with Crippen LogP contribution in [0.2, 0.25) is 0 Å². The Bertz CT molecular complexity index is 858. The van der Waals surface area contributed by atoms with Crippen LogP contribution in [-0.4, -0.2) is 26.0 Å². The Morgan fingerprint density at radius 2 is 1.73 bits per heavy atom. The molecule has 1 atom stereocenters. The lowest BCUT2D eigenvalue weighted by atomic mass is 10.1. The molecule has 26 heavy (non-hydrogen) atoms. The number of carbonyl (C=O) groups excluding carboxylic acids is 2. The molecular weight excluding hydrogens is 334 g/mol. The molecule has 0 aliphatic rings. The van der Waals surface area contributed by atoms with E-state index in [0.717, 1.165) is 5.56 Å². The molecule has 2 aromatic carbocycles. The summed E-state index contributed by atoms with van der Waals surface area (Å²) in [5, 5.41) is 14.1. The molecule has 0 spiro atoms. The fraction of sp³-hybridized carbons (Fsp3) is 0.211. The highest BCUT2D eigenvalue weighted by atomic mass is 16.5. The molecule has 7 nitrogen and oxygen atoms in total. The molecule has 1 unspecified atom stereocenters. The van der Waals surface area contributed by atoms with E-state index in [-0.39, 0.29) is 11.3 Å². The van der Waals surface area contributed by atoms with Gasteiger partial charge in [-0.3, -0.25) is 9.59 Å². The van der Waals surface area contributed by atoms with Crippen LogP contribution in [0.15, 0.2) is 42.5 Å². The number of benzene rings is 2. The van der Waals surface area contributed by atoms with E-state index < -0.39 is 17.9 Å². The average molecular weight is 353 g/mol. The van der Waals surface area contributed by atoms with Gasteiger partial charge in [0, 0.05) is 0 Å². The van der Waals surface area contributed by atoms with Gasteiger partial charge >= 0.3 is 11.8 Å². The minimum Gasteiger partial charge on any atom is -0.493 e. The maximum absolute atomic E-state index is 12.1. The first-order valence-corrected chi connectivity index (χ1v) is 7.83. The van der Waals surface area contributed by atoms with Gasteiger partial charge in [0.1, 0.15) is 6.07 Å². The second-order valence-corrected chi connectivity index (χ2v) is 5.42. The van der Waals surface area contributed by atoms with Crippen molar-refractivity contribution in [2.75, 3.05) is 19.5 Å². The number of anilines is 1. The number of para-hydroxylation sites is 1. The third-order valence-corrected chi connectivity index (χ3v) is 3.76. The summed E-state index contributed by atoms with van der Waals surface area (Å²) in [5.41, 5.74) is 1.32. The Labute approximate surface area is 151 Å². The zero-order valence-corrected chi connectivity index (χ0v) is 14.7. The monoisotopic (exact) mass is 353 g/mol. The highest BCUT2D eigenvalue weighted by molar-refractivity contribution is 6.39. The van der Waals surface area contributed by atoms with Crippen molar-refractivity contribution in [3.8, 4) is 17.6 Å². The predicted octanol–water partition coefficient (Wildman–Crippen LogP) is 2.39. The second kappa shape index (κ2) is 8.53.